The maximum atomic E-state index is 12.3. The molecule has 0 saturated carbocycles. The summed E-state index contributed by atoms with van der Waals surface area (Å²) in [5, 5.41) is 21.9. The van der Waals surface area contributed by atoms with Crippen LogP contribution >= 0.6 is 11.3 Å². The number of nitrogens with zero attached hydrogens (tertiary/aromatic N) is 6. The second-order valence-corrected chi connectivity index (χ2v) is 6.88. The maximum Gasteiger partial charge on any atom is 0.226 e. The zero-order chi connectivity index (χ0) is 17.0. The van der Waals surface area contributed by atoms with Crippen LogP contribution in [0.2, 0.25) is 0 Å². The highest BCUT2D eigenvalue weighted by molar-refractivity contribution is 7.10. The lowest BCUT2D eigenvalue weighted by Crippen LogP contribution is -2.24. The van der Waals surface area contributed by atoms with E-state index in [1.54, 1.807) is 20.5 Å². The molecule has 124 valence electrons. The third-order valence-electron chi connectivity index (χ3n) is 4.35. The average Bonchev–Trinajstić information content (AvgIpc) is 3.33. The summed E-state index contributed by atoms with van der Waals surface area (Å²) in [5.74, 6) is 1.30. The minimum absolute atomic E-state index is 0.0163. The zero-order valence-electron chi connectivity index (χ0n) is 13.2. The molecule has 1 aliphatic rings. The quantitative estimate of drug-likeness (QED) is 0.598. The number of anilines is 1. The monoisotopic (exact) mass is 351 g/mol. The zero-order valence-corrected chi connectivity index (χ0v) is 14.1. The van der Waals surface area contributed by atoms with E-state index in [-0.39, 0.29) is 11.8 Å². The summed E-state index contributed by atoms with van der Waals surface area (Å²) in [7, 11) is 0. The molecule has 4 aromatic heterocycles. The largest absolute Gasteiger partial charge is 0.310 e. The third-order valence-corrected chi connectivity index (χ3v) is 5.34. The molecule has 0 radical (unpaired) electrons. The van der Waals surface area contributed by atoms with Crippen molar-refractivity contribution >= 4 is 28.7 Å². The Morgan fingerprint density at radius 2 is 2.20 bits per heavy atom. The molecule has 1 atom stereocenters. The highest BCUT2D eigenvalue weighted by atomic mass is 32.1. The van der Waals surface area contributed by atoms with Crippen molar-refractivity contribution in [2.45, 2.75) is 19.3 Å². The molecule has 0 bridgehead atoms. The molecule has 8 nitrogen and oxygen atoms in total. The number of rotatable bonds is 2. The van der Waals surface area contributed by atoms with Gasteiger partial charge in [0, 0.05) is 22.8 Å². The van der Waals surface area contributed by atoms with Crippen LogP contribution in [-0.4, -0.2) is 35.5 Å². The molecule has 9 heteroatoms. The van der Waals surface area contributed by atoms with Crippen molar-refractivity contribution in [2.75, 3.05) is 5.32 Å². The van der Waals surface area contributed by atoms with Crippen molar-refractivity contribution < 1.29 is 4.79 Å². The molecule has 5 heterocycles. The first-order valence-corrected chi connectivity index (χ1v) is 8.69. The number of carbonyl (C=O) groups is 1. The van der Waals surface area contributed by atoms with Gasteiger partial charge in [-0.3, -0.25) is 4.79 Å². The van der Waals surface area contributed by atoms with Crippen molar-refractivity contribution in [3.8, 4) is 5.82 Å². The first kappa shape index (κ1) is 14.3. The predicted molar refractivity (Wildman–Crippen MR) is 92.0 cm³/mol. The van der Waals surface area contributed by atoms with Gasteiger partial charge >= 0.3 is 0 Å². The molecule has 4 aromatic rings. The van der Waals surface area contributed by atoms with Gasteiger partial charge in [-0.1, -0.05) is 6.07 Å². The number of nitrogens with one attached hydrogen (secondary N) is 1. The molecular formula is C16H13N7OS. The fourth-order valence-electron chi connectivity index (χ4n) is 3.28. The van der Waals surface area contributed by atoms with Crippen LogP contribution in [0.5, 0.6) is 0 Å². The van der Waals surface area contributed by atoms with Gasteiger partial charge in [0.15, 0.2) is 11.5 Å². The lowest BCUT2D eigenvalue weighted by molar-refractivity contribution is -0.116. The van der Waals surface area contributed by atoms with Crippen LogP contribution in [0, 0.1) is 6.92 Å². The van der Waals surface area contributed by atoms with Gasteiger partial charge < -0.3 is 5.32 Å². The number of hydrogen-bond donors (Lipinski definition) is 1. The fraction of sp³-hybridized carbons (Fsp3) is 0.188. The van der Waals surface area contributed by atoms with E-state index < -0.39 is 0 Å². The van der Waals surface area contributed by atoms with Gasteiger partial charge in [-0.15, -0.1) is 26.6 Å². The van der Waals surface area contributed by atoms with Gasteiger partial charge in [0.2, 0.25) is 5.91 Å². The predicted octanol–water partition coefficient (Wildman–Crippen LogP) is 2.15. The minimum Gasteiger partial charge on any atom is -0.310 e. The highest BCUT2D eigenvalue weighted by Crippen LogP contribution is 2.41. The van der Waals surface area contributed by atoms with Gasteiger partial charge in [0.25, 0.3) is 0 Å². The second kappa shape index (κ2) is 5.21. The molecule has 1 aliphatic heterocycles. The van der Waals surface area contributed by atoms with Gasteiger partial charge in [-0.25, -0.2) is 0 Å². The van der Waals surface area contributed by atoms with E-state index >= 15 is 0 Å². The van der Waals surface area contributed by atoms with Crippen molar-refractivity contribution in [2.24, 2.45) is 0 Å². The van der Waals surface area contributed by atoms with Crippen molar-refractivity contribution in [3.63, 3.8) is 0 Å². The molecular weight excluding hydrogens is 338 g/mol. The topological polar surface area (TPSA) is 90.0 Å². The lowest BCUT2D eigenvalue weighted by atomic mass is 9.91. The molecule has 0 aliphatic carbocycles. The number of thiophene rings is 1. The molecule has 0 fully saturated rings. The van der Waals surface area contributed by atoms with E-state index in [1.165, 1.54) is 11.2 Å². The van der Waals surface area contributed by atoms with Crippen LogP contribution in [-0.2, 0) is 4.79 Å². The SMILES string of the molecule is Cc1nn(-c2ccc3nncn3n2)c2c1[C@H](c1cccs1)CC(=O)N2. The molecule has 0 spiro atoms. The summed E-state index contributed by atoms with van der Waals surface area (Å²) in [6.45, 7) is 1.96. The number of amides is 1. The molecule has 0 unspecified atom stereocenters. The summed E-state index contributed by atoms with van der Waals surface area (Å²) in [6, 6.07) is 7.71. The normalized spacial score (nSPS) is 16.8. The standard InChI is InChI=1S/C16H13N7OS/c1-9-15-10(11-3-2-6-25-11)7-14(24)18-16(15)23(20-9)13-5-4-12-19-17-8-22(12)21-13/h2-6,8,10H,7H2,1H3,(H,18,24)/t10-/m0/s1. The van der Waals surface area contributed by atoms with Crippen molar-refractivity contribution in [3.05, 3.63) is 52.1 Å². The molecule has 1 N–H and O–H groups in total. The van der Waals surface area contributed by atoms with Crippen molar-refractivity contribution in [1.29, 1.82) is 0 Å². The Morgan fingerprint density at radius 3 is 3.04 bits per heavy atom. The first-order chi connectivity index (χ1) is 12.2. The summed E-state index contributed by atoms with van der Waals surface area (Å²) >= 11 is 1.66. The maximum absolute atomic E-state index is 12.3. The van der Waals surface area contributed by atoms with E-state index in [0.29, 0.717) is 23.7 Å². The molecule has 25 heavy (non-hydrogen) atoms. The van der Waals surface area contributed by atoms with Crippen LogP contribution in [0.4, 0.5) is 5.82 Å². The Hall–Kier alpha value is -3.07. The Labute approximate surface area is 146 Å². The molecule has 5 rings (SSSR count). The van der Waals surface area contributed by atoms with E-state index in [9.17, 15) is 4.79 Å². The Kier molecular flexibility index (Phi) is 2.98. The molecule has 1 amide bonds. The van der Waals surface area contributed by atoms with Crippen LogP contribution in [0.25, 0.3) is 11.5 Å². The summed E-state index contributed by atoms with van der Waals surface area (Å²) in [6.07, 6.45) is 1.96. The summed E-state index contributed by atoms with van der Waals surface area (Å²) in [4.78, 5) is 13.5. The Morgan fingerprint density at radius 1 is 1.28 bits per heavy atom. The third kappa shape index (κ3) is 2.16. The number of hydrogen-bond acceptors (Lipinski definition) is 6. The van der Waals surface area contributed by atoms with E-state index in [0.717, 1.165) is 11.3 Å². The van der Waals surface area contributed by atoms with Gasteiger partial charge in [0.1, 0.15) is 12.1 Å². The van der Waals surface area contributed by atoms with Crippen LogP contribution < -0.4 is 5.32 Å². The molecule has 0 aromatic carbocycles. The summed E-state index contributed by atoms with van der Waals surface area (Å²) in [5.41, 5.74) is 2.59. The van der Waals surface area contributed by atoms with Gasteiger partial charge in [0.05, 0.1) is 5.69 Å². The van der Waals surface area contributed by atoms with Crippen LogP contribution in [0.3, 0.4) is 0 Å². The van der Waals surface area contributed by atoms with E-state index in [4.69, 9.17) is 0 Å². The Bertz CT molecular complexity index is 1100. The van der Waals surface area contributed by atoms with E-state index in [1.807, 2.05) is 30.5 Å². The van der Waals surface area contributed by atoms with E-state index in [2.05, 4.69) is 31.8 Å². The smallest absolute Gasteiger partial charge is 0.226 e. The number of carbonyl (C=O) groups excluding carboxylic acids is 1. The van der Waals surface area contributed by atoms with Gasteiger partial charge in [-0.05, 0) is 30.5 Å². The lowest BCUT2D eigenvalue weighted by Gasteiger charge is -2.23. The molecule has 0 saturated heterocycles. The minimum atomic E-state index is -0.0163. The van der Waals surface area contributed by atoms with Crippen LogP contribution in [0.1, 0.15) is 28.5 Å². The number of aromatic nitrogens is 6. The number of fused-ring (bicyclic) bond motifs is 2. The first-order valence-electron chi connectivity index (χ1n) is 7.81. The van der Waals surface area contributed by atoms with Crippen molar-refractivity contribution in [1.82, 2.24) is 29.6 Å². The highest BCUT2D eigenvalue weighted by Gasteiger charge is 2.33. The van der Waals surface area contributed by atoms with Gasteiger partial charge in [-0.2, -0.15) is 14.3 Å². The summed E-state index contributed by atoms with van der Waals surface area (Å²) < 4.78 is 3.27. The number of aryl methyl sites for hydroxylation is 1. The average molecular weight is 351 g/mol. The second-order valence-electron chi connectivity index (χ2n) is 5.91. The Balaban J connectivity index is 1.70. The van der Waals surface area contributed by atoms with Crippen LogP contribution in [0.15, 0.2) is 36.0 Å². The fourth-order valence-corrected chi connectivity index (χ4v) is 4.11.